The minimum Gasteiger partial charge on any atom is -0.496 e. The van der Waals surface area contributed by atoms with Gasteiger partial charge >= 0.3 is 5.97 Å². The molecular weight excluding hydrogens is 453 g/mol. The van der Waals surface area contributed by atoms with Crippen LogP contribution in [0.1, 0.15) is 22.5 Å². The van der Waals surface area contributed by atoms with E-state index in [2.05, 4.69) is 10.4 Å². The van der Waals surface area contributed by atoms with Crippen molar-refractivity contribution in [2.75, 3.05) is 13.7 Å². The first-order valence-corrected chi connectivity index (χ1v) is 10.6. The summed E-state index contributed by atoms with van der Waals surface area (Å²) >= 11 is 12.1. The van der Waals surface area contributed by atoms with Crippen LogP contribution < -0.4 is 10.1 Å². The Morgan fingerprint density at radius 3 is 2.56 bits per heavy atom. The standard InChI is InChI=1S/C23H23Cl2N3O4/c1-14-18(15(2)28(27-14)17-8-9-19(24)20(25)10-17)11-23(30)32-13-22(29)26-12-16-6-4-5-7-21(16)31-3/h4-10H,11-13H2,1-3H3,(H,26,29). The number of ether oxygens (including phenoxy) is 2. The quantitative estimate of drug-likeness (QED) is 0.493. The SMILES string of the molecule is COc1ccccc1CNC(=O)COC(=O)Cc1c(C)nn(-c2ccc(Cl)c(Cl)c2)c1C. The van der Waals surface area contributed by atoms with Gasteiger partial charge < -0.3 is 14.8 Å². The fraction of sp³-hybridized carbons (Fsp3) is 0.261. The van der Waals surface area contributed by atoms with Crippen LogP contribution in [0.15, 0.2) is 42.5 Å². The van der Waals surface area contributed by atoms with E-state index < -0.39 is 11.9 Å². The highest BCUT2D eigenvalue weighted by Gasteiger charge is 2.18. The molecule has 2 aromatic carbocycles. The first-order chi connectivity index (χ1) is 15.3. The third kappa shape index (κ3) is 5.60. The van der Waals surface area contributed by atoms with Crippen LogP contribution in [-0.4, -0.2) is 35.4 Å². The van der Waals surface area contributed by atoms with Crippen molar-refractivity contribution in [2.45, 2.75) is 26.8 Å². The maximum atomic E-state index is 12.3. The van der Waals surface area contributed by atoms with Gasteiger partial charge in [-0.1, -0.05) is 41.4 Å². The molecule has 0 atom stereocenters. The second kappa shape index (κ2) is 10.5. The van der Waals surface area contributed by atoms with Gasteiger partial charge in [0.1, 0.15) is 5.75 Å². The summed E-state index contributed by atoms with van der Waals surface area (Å²) in [4.78, 5) is 24.4. The van der Waals surface area contributed by atoms with Gasteiger partial charge in [-0.25, -0.2) is 4.68 Å². The number of para-hydroxylation sites is 1. The summed E-state index contributed by atoms with van der Waals surface area (Å²) in [6, 6.07) is 12.5. The predicted octanol–water partition coefficient (Wildman–Crippen LogP) is 4.21. The van der Waals surface area contributed by atoms with Crippen molar-refractivity contribution in [3.63, 3.8) is 0 Å². The van der Waals surface area contributed by atoms with Gasteiger partial charge in [-0.2, -0.15) is 5.10 Å². The van der Waals surface area contributed by atoms with Crippen molar-refractivity contribution in [3.8, 4) is 11.4 Å². The largest absolute Gasteiger partial charge is 0.496 e. The lowest BCUT2D eigenvalue weighted by Crippen LogP contribution is -2.28. The van der Waals surface area contributed by atoms with Crippen LogP contribution in [0.25, 0.3) is 5.69 Å². The molecule has 0 aliphatic carbocycles. The minimum atomic E-state index is -0.516. The summed E-state index contributed by atoms with van der Waals surface area (Å²) in [6.07, 6.45) is -0.00121. The zero-order valence-electron chi connectivity index (χ0n) is 17.9. The van der Waals surface area contributed by atoms with Crippen LogP contribution in [0.2, 0.25) is 10.0 Å². The second-order valence-corrected chi connectivity index (χ2v) is 7.90. The summed E-state index contributed by atoms with van der Waals surface area (Å²) in [5.41, 5.74) is 3.76. The van der Waals surface area contributed by atoms with Crippen molar-refractivity contribution in [1.82, 2.24) is 15.1 Å². The molecule has 7 nitrogen and oxygen atoms in total. The maximum absolute atomic E-state index is 12.3. The molecule has 0 saturated heterocycles. The predicted molar refractivity (Wildman–Crippen MR) is 123 cm³/mol. The van der Waals surface area contributed by atoms with Crippen molar-refractivity contribution in [1.29, 1.82) is 0 Å². The fourth-order valence-electron chi connectivity index (χ4n) is 3.23. The molecule has 0 radical (unpaired) electrons. The number of nitrogens with zero attached hydrogens (tertiary/aromatic N) is 2. The number of carbonyl (C=O) groups excluding carboxylic acids is 2. The van der Waals surface area contributed by atoms with Crippen molar-refractivity contribution < 1.29 is 19.1 Å². The van der Waals surface area contributed by atoms with Crippen LogP contribution in [0.4, 0.5) is 0 Å². The Kier molecular flexibility index (Phi) is 7.77. The van der Waals surface area contributed by atoms with Crippen molar-refractivity contribution >= 4 is 35.1 Å². The Morgan fingerprint density at radius 1 is 1.09 bits per heavy atom. The lowest BCUT2D eigenvalue weighted by molar-refractivity contribution is -0.147. The monoisotopic (exact) mass is 475 g/mol. The normalized spacial score (nSPS) is 10.7. The van der Waals surface area contributed by atoms with Crippen molar-refractivity contribution in [3.05, 3.63) is 75.0 Å². The number of nitrogens with one attached hydrogen (secondary N) is 1. The van der Waals surface area contributed by atoms with Crippen LogP contribution >= 0.6 is 23.2 Å². The lowest BCUT2D eigenvalue weighted by atomic mass is 10.1. The number of amides is 1. The summed E-state index contributed by atoms with van der Waals surface area (Å²) < 4.78 is 12.1. The molecule has 3 rings (SSSR count). The van der Waals surface area contributed by atoms with Gasteiger partial charge in [0.25, 0.3) is 5.91 Å². The van der Waals surface area contributed by atoms with Crippen LogP contribution in [-0.2, 0) is 27.3 Å². The van der Waals surface area contributed by atoms with Crippen LogP contribution in [0, 0.1) is 13.8 Å². The highest BCUT2D eigenvalue weighted by atomic mass is 35.5. The average Bonchev–Trinajstić information content (AvgIpc) is 3.06. The van der Waals surface area contributed by atoms with Crippen LogP contribution in [0.3, 0.4) is 0 Å². The van der Waals surface area contributed by atoms with E-state index in [0.717, 1.165) is 22.5 Å². The molecule has 9 heteroatoms. The first-order valence-electron chi connectivity index (χ1n) is 9.85. The molecule has 168 valence electrons. The number of aryl methyl sites for hydroxylation is 1. The van der Waals surface area contributed by atoms with E-state index in [-0.39, 0.29) is 19.6 Å². The number of hydrogen-bond acceptors (Lipinski definition) is 5. The molecule has 0 unspecified atom stereocenters. The van der Waals surface area contributed by atoms with E-state index in [0.29, 0.717) is 21.5 Å². The van der Waals surface area contributed by atoms with Gasteiger partial charge in [0.15, 0.2) is 6.61 Å². The molecule has 0 spiro atoms. The number of esters is 1. The smallest absolute Gasteiger partial charge is 0.310 e. The Balaban J connectivity index is 1.57. The molecule has 3 aromatic rings. The Bertz CT molecular complexity index is 1140. The molecule has 1 N–H and O–H groups in total. The highest BCUT2D eigenvalue weighted by Crippen LogP contribution is 2.26. The molecule has 0 aliphatic rings. The number of aromatic nitrogens is 2. The Labute approximate surface area is 196 Å². The third-order valence-electron chi connectivity index (χ3n) is 4.94. The van der Waals surface area contributed by atoms with E-state index in [1.165, 1.54) is 0 Å². The summed E-state index contributed by atoms with van der Waals surface area (Å²) in [7, 11) is 1.57. The number of hydrogen-bond donors (Lipinski definition) is 1. The zero-order valence-corrected chi connectivity index (χ0v) is 19.5. The molecule has 0 aliphatic heterocycles. The number of carbonyl (C=O) groups is 2. The van der Waals surface area contributed by atoms with E-state index in [9.17, 15) is 9.59 Å². The molecule has 32 heavy (non-hydrogen) atoms. The van der Waals surface area contributed by atoms with Gasteiger partial charge in [0.05, 0.1) is 35.0 Å². The number of rotatable bonds is 8. The van der Waals surface area contributed by atoms with E-state index in [1.54, 1.807) is 30.0 Å². The number of halogens is 2. The molecular formula is C23H23Cl2N3O4. The number of methoxy groups -OCH3 is 1. The lowest BCUT2D eigenvalue weighted by Gasteiger charge is -2.10. The highest BCUT2D eigenvalue weighted by molar-refractivity contribution is 6.42. The molecule has 1 heterocycles. The fourth-order valence-corrected chi connectivity index (χ4v) is 3.53. The molecule has 0 saturated carbocycles. The number of benzene rings is 2. The first kappa shape index (κ1) is 23.6. The van der Waals surface area contributed by atoms with Gasteiger partial charge in [-0.05, 0) is 38.1 Å². The Hall–Kier alpha value is -3.03. The van der Waals surface area contributed by atoms with Gasteiger partial charge in [0.2, 0.25) is 0 Å². The second-order valence-electron chi connectivity index (χ2n) is 7.09. The third-order valence-corrected chi connectivity index (χ3v) is 5.68. The van der Waals surface area contributed by atoms with Crippen molar-refractivity contribution in [2.24, 2.45) is 0 Å². The molecule has 1 amide bonds. The zero-order chi connectivity index (χ0) is 23.3. The summed E-state index contributed by atoms with van der Waals surface area (Å²) in [5, 5.41) is 8.07. The average molecular weight is 476 g/mol. The van der Waals surface area contributed by atoms with E-state index >= 15 is 0 Å². The van der Waals surface area contributed by atoms with Gasteiger partial charge in [-0.15, -0.1) is 0 Å². The van der Waals surface area contributed by atoms with Gasteiger partial charge in [-0.3, -0.25) is 9.59 Å². The Morgan fingerprint density at radius 2 is 1.84 bits per heavy atom. The van der Waals surface area contributed by atoms with E-state index in [4.69, 9.17) is 32.7 Å². The molecule has 0 bridgehead atoms. The summed E-state index contributed by atoms with van der Waals surface area (Å²) in [6.45, 7) is 3.57. The van der Waals surface area contributed by atoms with Gasteiger partial charge in [0, 0.05) is 23.4 Å². The summed E-state index contributed by atoms with van der Waals surface area (Å²) in [5.74, 6) is -0.240. The van der Waals surface area contributed by atoms with E-state index in [1.807, 2.05) is 38.1 Å². The van der Waals surface area contributed by atoms with Crippen LogP contribution in [0.5, 0.6) is 5.75 Å². The maximum Gasteiger partial charge on any atom is 0.310 e. The minimum absolute atomic E-state index is 0.00121. The molecule has 0 fully saturated rings. The topological polar surface area (TPSA) is 82.4 Å². The molecule has 1 aromatic heterocycles.